The van der Waals surface area contributed by atoms with Crippen LogP contribution in [-0.4, -0.2) is 30.5 Å². The average Bonchev–Trinajstić information content (AvgIpc) is 2.15. The van der Waals surface area contributed by atoms with E-state index in [0.717, 1.165) is 25.8 Å². The highest BCUT2D eigenvalue weighted by Crippen LogP contribution is 2.22. The molecule has 0 aromatic rings. The normalized spacial score (nSPS) is 14.1. The summed E-state index contributed by atoms with van der Waals surface area (Å²) in [5.74, 6) is 0. The van der Waals surface area contributed by atoms with Gasteiger partial charge < -0.3 is 10.4 Å². The number of halogens is 3. The van der Waals surface area contributed by atoms with E-state index in [2.05, 4.69) is 5.32 Å². The standard InChI is InChI=1S/C11H22F3NO/c1-10(6-5-7-11(12,13)14)15-8-3-2-4-9-16/h10,15-16H,2-9H2,1H3. The van der Waals surface area contributed by atoms with Gasteiger partial charge in [0.25, 0.3) is 0 Å². The summed E-state index contributed by atoms with van der Waals surface area (Å²) < 4.78 is 35.6. The zero-order valence-corrected chi connectivity index (χ0v) is 9.82. The lowest BCUT2D eigenvalue weighted by Gasteiger charge is -2.14. The third-order valence-corrected chi connectivity index (χ3v) is 2.43. The second kappa shape index (κ2) is 8.82. The van der Waals surface area contributed by atoms with Crippen LogP contribution in [0, 0.1) is 0 Å². The van der Waals surface area contributed by atoms with Gasteiger partial charge >= 0.3 is 6.18 Å². The van der Waals surface area contributed by atoms with Crippen molar-refractivity contribution in [1.82, 2.24) is 5.32 Å². The predicted molar refractivity (Wildman–Crippen MR) is 58.3 cm³/mol. The minimum atomic E-state index is -4.03. The number of aliphatic hydroxyl groups is 1. The van der Waals surface area contributed by atoms with Gasteiger partial charge in [-0.2, -0.15) is 13.2 Å². The zero-order chi connectivity index (χ0) is 12.4. The van der Waals surface area contributed by atoms with Crippen molar-refractivity contribution in [2.24, 2.45) is 0 Å². The Bertz CT molecular complexity index is 162. The Balaban J connectivity index is 3.28. The molecular formula is C11H22F3NO. The molecule has 0 fully saturated rings. The molecule has 0 amide bonds. The highest BCUT2D eigenvalue weighted by atomic mass is 19.4. The van der Waals surface area contributed by atoms with Gasteiger partial charge in [-0.1, -0.05) is 0 Å². The molecule has 0 spiro atoms. The van der Waals surface area contributed by atoms with Crippen molar-refractivity contribution in [3.05, 3.63) is 0 Å². The molecule has 0 aliphatic rings. The summed E-state index contributed by atoms with van der Waals surface area (Å²) in [7, 11) is 0. The van der Waals surface area contributed by atoms with Crippen molar-refractivity contribution in [3.63, 3.8) is 0 Å². The lowest BCUT2D eigenvalue weighted by atomic mass is 10.1. The van der Waals surface area contributed by atoms with Crippen molar-refractivity contribution in [1.29, 1.82) is 0 Å². The fraction of sp³-hybridized carbons (Fsp3) is 1.00. The molecule has 0 aromatic carbocycles. The third-order valence-electron chi connectivity index (χ3n) is 2.43. The van der Waals surface area contributed by atoms with Crippen LogP contribution < -0.4 is 5.32 Å². The number of alkyl halides is 3. The summed E-state index contributed by atoms with van der Waals surface area (Å²) >= 11 is 0. The highest BCUT2D eigenvalue weighted by Gasteiger charge is 2.26. The molecule has 1 unspecified atom stereocenters. The maximum atomic E-state index is 11.9. The molecule has 98 valence electrons. The Morgan fingerprint density at radius 1 is 1.12 bits per heavy atom. The van der Waals surface area contributed by atoms with Crippen molar-refractivity contribution >= 4 is 0 Å². The number of unbranched alkanes of at least 4 members (excludes halogenated alkanes) is 2. The summed E-state index contributed by atoms with van der Waals surface area (Å²) in [6, 6.07) is 0.136. The third kappa shape index (κ3) is 11.8. The van der Waals surface area contributed by atoms with E-state index in [0.29, 0.717) is 6.42 Å². The topological polar surface area (TPSA) is 32.3 Å². The van der Waals surface area contributed by atoms with E-state index in [1.165, 1.54) is 0 Å². The van der Waals surface area contributed by atoms with Crippen LogP contribution in [0.15, 0.2) is 0 Å². The van der Waals surface area contributed by atoms with Gasteiger partial charge in [0.1, 0.15) is 0 Å². The number of aliphatic hydroxyl groups excluding tert-OH is 1. The Labute approximate surface area is 95.2 Å². The number of nitrogens with one attached hydrogen (secondary N) is 1. The van der Waals surface area contributed by atoms with E-state index in [4.69, 9.17) is 5.11 Å². The first-order chi connectivity index (χ1) is 7.45. The van der Waals surface area contributed by atoms with Crippen LogP contribution in [0.4, 0.5) is 13.2 Å². The summed E-state index contributed by atoms with van der Waals surface area (Å²) in [5.41, 5.74) is 0. The fourth-order valence-electron chi connectivity index (χ4n) is 1.47. The molecule has 0 aromatic heterocycles. The Kier molecular flexibility index (Phi) is 8.66. The fourth-order valence-corrected chi connectivity index (χ4v) is 1.47. The van der Waals surface area contributed by atoms with Gasteiger partial charge in [-0.15, -0.1) is 0 Å². The summed E-state index contributed by atoms with van der Waals surface area (Å²) in [6.45, 7) is 2.93. The van der Waals surface area contributed by atoms with E-state index >= 15 is 0 Å². The van der Waals surface area contributed by atoms with Gasteiger partial charge in [0.15, 0.2) is 0 Å². The molecule has 1 atom stereocenters. The van der Waals surface area contributed by atoms with Crippen LogP contribution in [0.3, 0.4) is 0 Å². The second-order valence-electron chi connectivity index (χ2n) is 4.15. The Hall–Kier alpha value is -0.290. The zero-order valence-electron chi connectivity index (χ0n) is 9.82. The first-order valence-corrected chi connectivity index (χ1v) is 5.86. The number of hydrogen-bond acceptors (Lipinski definition) is 2. The first kappa shape index (κ1) is 15.7. The van der Waals surface area contributed by atoms with E-state index in [-0.39, 0.29) is 19.1 Å². The molecule has 0 aliphatic carbocycles. The lowest BCUT2D eigenvalue weighted by Crippen LogP contribution is -2.27. The molecule has 5 heteroatoms. The van der Waals surface area contributed by atoms with Gasteiger partial charge in [0.2, 0.25) is 0 Å². The average molecular weight is 241 g/mol. The van der Waals surface area contributed by atoms with E-state index in [9.17, 15) is 13.2 Å². The molecule has 0 bridgehead atoms. The minimum absolute atomic E-state index is 0.136. The van der Waals surface area contributed by atoms with Crippen LogP contribution in [0.5, 0.6) is 0 Å². The largest absolute Gasteiger partial charge is 0.396 e. The molecule has 0 saturated heterocycles. The maximum Gasteiger partial charge on any atom is 0.389 e. The molecule has 0 heterocycles. The summed E-state index contributed by atoms with van der Waals surface area (Å²) in [4.78, 5) is 0. The quantitative estimate of drug-likeness (QED) is 0.608. The Morgan fingerprint density at radius 3 is 2.38 bits per heavy atom. The summed E-state index contributed by atoms with van der Waals surface area (Å²) in [6.07, 6.45) is -1.26. The van der Waals surface area contributed by atoms with E-state index < -0.39 is 12.6 Å². The van der Waals surface area contributed by atoms with Crippen LogP contribution in [0.2, 0.25) is 0 Å². The molecule has 2 nitrogen and oxygen atoms in total. The summed E-state index contributed by atoms with van der Waals surface area (Å²) in [5, 5.41) is 11.7. The van der Waals surface area contributed by atoms with Gasteiger partial charge in [-0.25, -0.2) is 0 Å². The molecule has 2 N–H and O–H groups in total. The second-order valence-corrected chi connectivity index (χ2v) is 4.15. The first-order valence-electron chi connectivity index (χ1n) is 5.86. The Morgan fingerprint density at radius 2 is 1.81 bits per heavy atom. The van der Waals surface area contributed by atoms with Crippen LogP contribution in [-0.2, 0) is 0 Å². The van der Waals surface area contributed by atoms with Crippen LogP contribution in [0.1, 0.15) is 45.4 Å². The molecule has 0 rings (SSSR count). The van der Waals surface area contributed by atoms with Gasteiger partial charge in [-0.05, 0) is 45.6 Å². The molecule has 0 saturated carbocycles. The number of rotatable bonds is 9. The van der Waals surface area contributed by atoms with Crippen molar-refractivity contribution < 1.29 is 18.3 Å². The van der Waals surface area contributed by atoms with Gasteiger partial charge in [-0.3, -0.25) is 0 Å². The predicted octanol–water partition coefficient (Wildman–Crippen LogP) is 2.86. The maximum absolute atomic E-state index is 11.9. The molecule has 16 heavy (non-hydrogen) atoms. The van der Waals surface area contributed by atoms with Crippen molar-refractivity contribution in [2.75, 3.05) is 13.2 Å². The van der Waals surface area contributed by atoms with Gasteiger partial charge in [0, 0.05) is 19.1 Å². The minimum Gasteiger partial charge on any atom is -0.396 e. The smallest absolute Gasteiger partial charge is 0.389 e. The van der Waals surface area contributed by atoms with E-state index in [1.807, 2.05) is 6.92 Å². The molecule has 0 aliphatic heterocycles. The highest BCUT2D eigenvalue weighted by molar-refractivity contribution is 4.62. The van der Waals surface area contributed by atoms with Crippen molar-refractivity contribution in [3.8, 4) is 0 Å². The molecule has 0 radical (unpaired) electrons. The van der Waals surface area contributed by atoms with Crippen LogP contribution >= 0.6 is 0 Å². The monoisotopic (exact) mass is 241 g/mol. The van der Waals surface area contributed by atoms with E-state index in [1.54, 1.807) is 0 Å². The van der Waals surface area contributed by atoms with Gasteiger partial charge in [0.05, 0.1) is 0 Å². The lowest BCUT2D eigenvalue weighted by molar-refractivity contribution is -0.135. The number of hydrogen-bond donors (Lipinski definition) is 2. The van der Waals surface area contributed by atoms with Crippen molar-refractivity contribution in [2.45, 2.75) is 57.7 Å². The van der Waals surface area contributed by atoms with Crippen LogP contribution in [0.25, 0.3) is 0 Å². The SMILES string of the molecule is CC(CCCC(F)(F)F)NCCCCCO. The molecular weight excluding hydrogens is 219 g/mol.